The van der Waals surface area contributed by atoms with Crippen molar-refractivity contribution in [2.45, 2.75) is 33.2 Å². The lowest BCUT2D eigenvalue weighted by Crippen LogP contribution is -2.27. The molecule has 1 N–H and O–H groups in total. The molecule has 1 amide bonds. The summed E-state index contributed by atoms with van der Waals surface area (Å²) in [5.41, 5.74) is 4.19. The first-order valence-corrected chi connectivity index (χ1v) is 9.40. The van der Waals surface area contributed by atoms with E-state index >= 15 is 0 Å². The van der Waals surface area contributed by atoms with Gasteiger partial charge >= 0.3 is 0 Å². The van der Waals surface area contributed by atoms with Crippen LogP contribution in [0.4, 0.5) is 0 Å². The number of fused-ring (bicyclic) bond motifs is 1. The van der Waals surface area contributed by atoms with Crippen molar-refractivity contribution in [2.24, 2.45) is 0 Å². The van der Waals surface area contributed by atoms with Crippen LogP contribution in [-0.4, -0.2) is 50.9 Å². The van der Waals surface area contributed by atoms with Gasteiger partial charge in [0.15, 0.2) is 0 Å². The molecule has 0 saturated heterocycles. The topological polar surface area (TPSA) is 71.2 Å². The summed E-state index contributed by atoms with van der Waals surface area (Å²) in [5, 5.41) is 14.2. The van der Waals surface area contributed by atoms with Crippen molar-refractivity contribution in [3.63, 3.8) is 0 Å². The van der Waals surface area contributed by atoms with Crippen molar-refractivity contribution in [3.8, 4) is 11.3 Å². The Hall–Kier alpha value is -2.73. The molecular formula is C21H26N4O2. The fourth-order valence-corrected chi connectivity index (χ4v) is 3.18. The molecule has 6 heteroatoms. The van der Waals surface area contributed by atoms with E-state index in [0.717, 1.165) is 29.3 Å². The fourth-order valence-electron chi connectivity index (χ4n) is 3.18. The Morgan fingerprint density at radius 1 is 1.26 bits per heavy atom. The zero-order valence-corrected chi connectivity index (χ0v) is 16.1. The second-order valence-corrected chi connectivity index (χ2v) is 6.70. The van der Waals surface area contributed by atoms with Crippen LogP contribution in [0.5, 0.6) is 0 Å². The highest BCUT2D eigenvalue weighted by Crippen LogP contribution is 2.26. The van der Waals surface area contributed by atoms with Crippen molar-refractivity contribution in [1.29, 1.82) is 0 Å². The van der Waals surface area contributed by atoms with E-state index in [1.165, 1.54) is 5.56 Å². The SMILES string of the molecule is CCCN(C)C(=O)c1cc(-c2cnn(CCO)c2)nc2ccc(CC)cc12. The smallest absolute Gasteiger partial charge is 0.254 e. The minimum atomic E-state index is 0.00139. The molecule has 0 unspecified atom stereocenters. The van der Waals surface area contributed by atoms with E-state index in [9.17, 15) is 4.79 Å². The Bertz CT molecular complexity index is 949. The van der Waals surface area contributed by atoms with Crippen LogP contribution in [-0.2, 0) is 13.0 Å². The second kappa shape index (κ2) is 8.31. The maximum Gasteiger partial charge on any atom is 0.254 e. The molecule has 0 saturated carbocycles. The first kappa shape index (κ1) is 19.0. The highest BCUT2D eigenvalue weighted by atomic mass is 16.3. The molecule has 0 spiro atoms. The first-order valence-electron chi connectivity index (χ1n) is 9.40. The third-order valence-corrected chi connectivity index (χ3v) is 4.68. The molecule has 3 rings (SSSR count). The van der Waals surface area contributed by atoms with Crippen LogP contribution in [0.25, 0.3) is 22.2 Å². The van der Waals surface area contributed by atoms with Gasteiger partial charge in [-0.2, -0.15) is 5.10 Å². The number of nitrogens with zero attached hydrogens (tertiary/aromatic N) is 4. The van der Waals surface area contributed by atoms with Crippen LogP contribution in [0, 0.1) is 0 Å². The molecule has 1 aromatic carbocycles. The molecule has 0 radical (unpaired) electrons. The van der Waals surface area contributed by atoms with E-state index < -0.39 is 0 Å². The van der Waals surface area contributed by atoms with Gasteiger partial charge in [-0.05, 0) is 36.6 Å². The number of aliphatic hydroxyl groups excluding tert-OH is 1. The van der Waals surface area contributed by atoms with E-state index in [4.69, 9.17) is 10.1 Å². The zero-order chi connectivity index (χ0) is 19.4. The molecule has 0 fully saturated rings. The summed E-state index contributed by atoms with van der Waals surface area (Å²) in [5.74, 6) is 0.00139. The molecule has 0 atom stereocenters. The highest BCUT2D eigenvalue weighted by molar-refractivity contribution is 6.07. The molecule has 0 aliphatic heterocycles. The number of aliphatic hydroxyl groups is 1. The van der Waals surface area contributed by atoms with Crippen molar-refractivity contribution >= 4 is 16.8 Å². The Labute approximate surface area is 159 Å². The van der Waals surface area contributed by atoms with Gasteiger partial charge in [0.2, 0.25) is 0 Å². The number of benzene rings is 1. The van der Waals surface area contributed by atoms with E-state index in [-0.39, 0.29) is 12.5 Å². The van der Waals surface area contributed by atoms with Gasteiger partial charge < -0.3 is 10.0 Å². The van der Waals surface area contributed by atoms with Gasteiger partial charge in [-0.1, -0.05) is 19.9 Å². The van der Waals surface area contributed by atoms with Crippen molar-refractivity contribution in [2.75, 3.05) is 20.2 Å². The first-order chi connectivity index (χ1) is 13.1. The maximum absolute atomic E-state index is 13.1. The summed E-state index contributed by atoms with van der Waals surface area (Å²) >= 11 is 0. The van der Waals surface area contributed by atoms with Crippen molar-refractivity contribution in [1.82, 2.24) is 19.7 Å². The molecule has 27 heavy (non-hydrogen) atoms. The van der Waals surface area contributed by atoms with Gasteiger partial charge in [0.25, 0.3) is 5.91 Å². The average molecular weight is 366 g/mol. The predicted molar refractivity (Wildman–Crippen MR) is 107 cm³/mol. The maximum atomic E-state index is 13.1. The lowest BCUT2D eigenvalue weighted by atomic mass is 10.0. The largest absolute Gasteiger partial charge is 0.394 e. The molecule has 142 valence electrons. The summed E-state index contributed by atoms with van der Waals surface area (Å²) in [7, 11) is 1.83. The fraction of sp³-hybridized carbons (Fsp3) is 0.381. The normalized spacial score (nSPS) is 11.1. The number of aromatic nitrogens is 3. The number of pyridine rings is 1. The number of carbonyl (C=O) groups excluding carboxylic acids is 1. The second-order valence-electron chi connectivity index (χ2n) is 6.70. The molecule has 3 aromatic rings. The lowest BCUT2D eigenvalue weighted by Gasteiger charge is -2.18. The van der Waals surface area contributed by atoms with Crippen LogP contribution in [0.2, 0.25) is 0 Å². The molecule has 6 nitrogen and oxygen atoms in total. The predicted octanol–water partition coefficient (Wildman–Crippen LogP) is 3.14. The number of amides is 1. The minimum absolute atomic E-state index is 0.00139. The third kappa shape index (κ3) is 4.01. The number of hydrogen-bond acceptors (Lipinski definition) is 4. The Kier molecular flexibility index (Phi) is 5.86. The molecule has 2 heterocycles. The standard InChI is InChI=1S/C21H26N4O2/c1-4-8-24(3)21(27)18-12-20(16-13-22-25(14-16)9-10-26)23-19-7-6-15(5-2)11-17(18)19/h6-7,11-14,26H,4-5,8-10H2,1-3H3. The summed E-state index contributed by atoms with van der Waals surface area (Å²) < 4.78 is 1.67. The van der Waals surface area contributed by atoms with E-state index in [0.29, 0.717) is 24.3 Å². The van der Waals surface area contributed by atoms with Crippen LogP contribution in [0.1, 0.15) is 36.2 Å². The summed E-state index contributed by atoms with van der Waals surface area (Å²) in [6, 6.07) is 7.95. The van der Waals surface area contributed by atoms with Crippen LogP contribution in [0.15, 0.2) is 36.7 Å². The molecule has 0 aliphatic rings. The molecule has 2 aromatic heterocycles. The number of hydrogen-bond donors (Lipinski definition) is 1. The zero-order valence-electron chi connectivity index (χ0n) is 16.1. The van der Waals surface area contributed by atoms with Gasteiger partial charge in [-0.15, -0.1) is 0 Å². The quantitative estimate of drug-likeness (QED) is 0.697. The third-order valence-electron chi connectivity index (χ3n) is 4.68. The number of rotatable bonds is 7. The van der Waals surface area contributed by atoms with Gasteiger partial charge in [-0.25, -0.2) is 4.98 Å². The van der Waals surface area contributed by atoms with Gasteiger partial charge in [-0.3, -0.25) is 9.48 Å². The van der Waals surface area contributed by atoms with E-state index in [1.54, 1.807) is 15.8 Å². The van der Waals surface area contributed by atoms with Gasteiger partial charge in [0.1, 0.15) is 0 Å². The van der Waals surface area contributed by atoms with Crippen molar-refractivity contribution < 1.29 is 9.90 Å². The van der Waals surface area contributed by atoms with Crippen LogP contribution < -0.4 is 0 Å². The minimum Gasteiger partial charge on any atom is -0.394 e. The van der Waals surface area contributed by atoms with Gasteiger partial charge in [0.05, 0.1) is 36.1 Å². The number of aryl methyl sites for hydroxylation is 1. The molecule has 0 bridgehead atoms. The number of carbonyl (C=O) groups is 1. The summed E-state index contributed by atoms with van der Waals surface area (Å²) in [4.78, 5) is 19.6. The van der Waals surface area contributed by atoms with E-state index in [1.807, 2.05) is 25.4 Å². The Morgan fingerprint density at radius 2 is 2.07 bits per heavy atom. The molecule has 0 aliphatic carbocycles. The monoisotopic (exact) mass is 366 g/mol. The summed E-state index contributed by atoms with van der Waals surface area (Å²) in [6.45, 7) is 5.32. The van der Waals surface area contributed by atoms with Crippen LogP contribution in [0.3, 0.4) is 0 Å². The Morgan fingerprint density at radius 3 is 2.78 bits per heavy atom. The average Bonchev–Trinajstić information content (AvgIpc) is 3.15. The highest BCUT2D eigenvalue weighted by Gasteiger charge is 2.18. The lowest BCUT2D eigenvalue weighted by molar-refractivity contribution is 0.0797. The molecular weight excluding hydrogens is 340 g/mol. The van der Waals surface area contributed by atoms with Gasteiger partial charge in [0, 0.05) is 30.7 Å². The Balaban J connectivity index is 2.14. The summed E-state index contributed by atoms with van der Waals surface area (Å²) in [6.07, 6.45) is 5.37. The van der Waals surface area contributed by atoms with E-state index in [2.05, 4.69) is 31.1 Å². The van der Waals surface area contributed by atoms with Crippen LogP contribution >= 0.6 is 0 Å². The van der Waals surface area contributed by atoms with Crippen molar-refractivity contribution in [3.05, 3.63) is 47.8 Å².